The number of likely N-dealkylation sites (tertiary alicyclic amines) is 1. The number of pyridine rings is 1. The third kappa shape index (κ3) is 2.27. The van der Waals surface area contributed by atoms with Gasteiger partial charge in [0.05, 0.1) is 11.8 Å². The van der Waals surface area contributed by atoms with Gasteiger partial charge in [-0.15, -0.1) is 0 Å². The van der Waals surface area contributed by atoms with Gasteiger partial charge in [-0.3, -0.25) is 19.3 Å². The fourth-order valence-electron chi connectivity index (χ4n) is 3.91. The number of nitrogens with one attached hydrogen (secondary N) is 1. The minimum absolute atomic E-state index is 0.0543. The molecule has 136 valence electrons. The van der Waals surface area contributed by atoms with Crippen LogP contribution < -0.4 is 5.56 Å². The summed E-state index contributed by atoms with van der Waals surface area (Å²) in [5, 5.41) is 20.0. The van der Waals surface area contributed by atoms with Crippen molar-refractivity contribution in [2.24, 2.45) is 7.05 Å². The number of nitrogens with zero attached hydrogens (tertiary/aromatic N) is 3. The molecule has 2 N–H and O–H groups in total. The number of rotatable bonds is 2. The Morgan fingerprint density at radius 2 is 2.04 bits per heavy atom. The van der Waals surface area contributed by atoms with Crippen LogP contribution in [-0.2, 0) is 11.8 Å². The summed E-state index contributed by atoms with van der Waals surface area (Å²) in [6.07, 6.45) is -0.703. The van der Waals surface area contributed by atoms with E-state index in [4.69, 9.17) is 0 Å². The Bertz CT molecular complexity index is 1100. The Morgan fingerprint density at radius 3 is 2.65 bits per heavy atom. The molecule has 7 heteroatoms. The van der Waals surface area contributed by atoms with E-state index in [9.17, 15) is 14.7 Å². The van der Waals surface area contributed by atoms with Gasteiger partial charge >= 0.3 is 0 Å². The molecule has 0 bridgehead atoms. The van der Waals surface area contributed by atoms with Crippen molar-refractivity contribution in [3.05, 3.63) is 39.3 Å². The summed E-state index contributed by atoms with van der Waals surface area (Å²) < 4.78 is 1.57. The number of hydrogen-bond donors (Lipinski definition) is 2. The number of fused-ring (bicyclic) bond motifs is 3. The van der Waals surface area contributed by atoms with E-state index in [2.05, 4.69) is 10.2 Å². The van der Waals surface area contributed by atoms with Crippen molar-refractivity contribution in [3.8, 4) is 0 Å². The van der Waals surface area contributed by atoms with Crippen LogP contribution in [0.5, 0.6) is 0 Å². The average molecular weight is 354 g/mol. The molecule has 1 aliphatic rings. The lowest BCUT2D eigenvalue weighted by Gasteiger charge is -2.37. The van der Waals surface area contributed by atoms with Gasteiger partial charge in [-0.05, 0) is 31.0 Å². The number of aromatic nitrogens is 3. The second-order valence-corrected chi connectivity index (χ2v) is 7.27. The Labute approximate surface area is 150 Å². The highest BCUT2D eigenvalue weighted by Gasteiger charge is 2.34. The van der Waals surface area contributed by atoms with Crippen molar-refractivity contribution in [3.63, 3.8) is 0 Å². The van der Waals surface area contributed by atoms with E-state index in [1.165, 1.54) is 0 Å². The maximum Gasteiger partial charge on any atom is 0.259 e. The molecule has 0 spiro atoms. The first-order valence-corrected chi connectivity index (χ1v) is 8.74. The number of aromatic amines is 1. The third-order valence-corrected chi connectivity index (χ3v) is 5.37. The molecular weight excluding hydrogens is 332 g/mol. The van der Waals surface area contributed by atoms with Crippen LogP contribution in [0.25, 0.3) is 21.8 Å². The highest BCUT2D eigenvalue weighted by molar-refractivity contribution is 6.08. The number of amides is 1. The summed E-state index contributed by atoms with van der Waals surface area (Å²) in [5.74, 6) is 0.176. The van der Waals surface area contributed by atoms with Crippen molar-refractivity contribution in [2.45, 2.75) is 32.8 Å². The van der Waals surface area contributed by atoms with Crippen LogP contribution in [0.4, 0.5) is 0 Å². The van der Waals surface area contributed by atoms with Crippen LogP contribution in [0.15, 0.2) is 16.9 Å². The smallest absolute Gasteiger partial charge is 0.259 e. The van der Waals surface area contributed by atoms with Crippen LogP contribution in [0.1, 0.15) is 42.7 Å². The second kappa shape index (κ2) is 5.67. The lowest BCUT2D eigenvalue weighted by Crippen LogP contribution is -2.47. The summed E-state index contributed by atoms with van der Waals surface area (Å²) in [6, 6.07) is 3.79. The van der Waals surface area contributed by atoms with E-state index in [1.807, 2.05) is 19.1 Å². The van der Waals surface area contributed by atoms with Crippen LogP contribution >= 0.6 is 0 Å². The number of aliphatic hydroxyl groups is 1. The minimum atomic E-state index is -0.703. The van der Waals surface area contributed by atoms with Gasteiger partial charge in [0.25, 0.3) is 5.56 Å². The maximum atomic E-state index is 12.9. The minimum Gasteiger partial charge on any atom is -0.389 e. The van der Waals surface area contributed by atoms with Gasteiger partial charge in [-0.25, -0.2) is 0 Å². The van der Waals surface area contributed by atoms with E-state index < -0.39 is 6.10 Å². The van der Waals surface area contributed by atoms with E-state index in [0.717, 1.165) is 27.6 Å². The Balaban J connectivity index is 2.05. The maximum absolute atomic E-state index is 12.9. The van der Waals surface area contributed by atoms with E-state index in [0.29, 0.717) is 24.1 Å². The average Bonchev–Trinajstić information content (AvgIpc) is 2.94. The number of benzene rings is 1. The zero-order valence-electron chi connectivity index (χ0n) is 15.3. The molecule has 1 unspecified atom stereocenters. The lowest BCUT2D eigenvalue weighted by atomic mass is 9.90. The molecule has 0 aliphatic carbocycles. The third-order valence-electron chi connectivity index (χ3n) is 5.37. The zero-order valence-corrected chi connectivity index (χ0v) is 15.3. The van der Waals surface area contributed by atoms with Crippen LogP contribution in [0.2, 0.25) is 0 Å². The normalized spacial score (nSPS) is 16.3. The van der Waals surface area contributed by atoms with Crippen molar-refractivity contribution in [1.29, 1.82) is 0 Å². The monoisotopic (exact) mass is 354 g/mol. The molecule has 3 aromatic rings. The van der Waals surface area contributed by atoms with Gasteiger partial charge in [-0.2, -0.15) is 5.10 Å². The SMILES string of the molecule is CC(=O)N1CC(c2n[nH]c3c2c2c(C(C)O)cc(C)cc2c(=O)n3C)C1. The first-order valence-electron chi connectivity index (χ1n) is 8.74. The van der Waals surface area contributed by atoms with E-state index in [1.54, 1.807) is 30.4 Å². The largest absolute Gasteiger partial charge is 0.389 e. The van der Waals surface area contributed by atoms with Crippen molar-refractivity contribution < 1.29 is 9.90 Å². The number of aryl methyl sites for hydroxylation is 2. The molecule has 1 amide bonds. The molecule has 1 aliphatic heterocycles. The lowest BCUT2D eigenvalue weighted by molar-refractivity contribution is -0.133. The molecule has 4 rings (SSSR count). The summed E-state index contributed by atoms with van der Waals surface area (Å²) in [6.45, 7) is 6.43. The molecule has 7 nitrogen and oxygen atoms in total. The number of carbonyl (C=O) groups excluding carboxylic acids is 1. The van der Waals surface area contributed by atoms with Gasteiger partial charge in [0.2, 0.25) is 5.91 Å². The summed E-state index contributed by atoms with van der Waals surface area (Å²) in [5.41, 5.74) is 3.04. The molecule has 26 heavy (non-hydrogen) atoms. The molecular formula is C19H22N4O3. The van der Waals surface area contributed by atoms with Gasteiger partial charge in [0.1, 0.15) is 5.65 Å². The van der Waals surface area contributed by atoms with Crippen LogP contribution in [0, 0.1) is 6.92 Å². The van der Waals surface area contributed by atoms with Gasteiger partial charge < -0.3 is 10.0 Å². The highest BCUT2D eigenvalue weighted by Crippen LogP contribution is 2.36. The molecule has 3 heterocycles. The van der Waals surface area contributed by atoms with Crippen LogP contribution in [-0.4, -0.2) is 43.8 Å². The zero-order chi connectivity index (χ0) is 18.7. The van der Waals surface area contributed by atoms with Gasteiger partial charge in [0, 0.05) is 49.1 Å². The highest BCUT2D eigenvalue weighted by atomic mass is 16.3. The standard InChI is InChI=1S/C19H22N4O3/c1-9-5-13(10(2)24)15-14(6-9)19(26)22(4)18-16(15)17(20-21-18)12-7-23(8-12)11(3)25/h5-6,10,12,24H,7-8H2,1-4H3,(H,20,21). The van der Waals surface area contributed by atoms with Gasteiger partial charge in [0.15, 0.2) is 0 Å². The molecule has 0 radical (unpaired) electrons. The Hall–Kier alpha value is -2.67. The first-order chi connectivity index (χ1) is 12.3. The number of carbonyl (C=O) groups is 1. The fraction of sp³-hybridized carbons (Fsp3) is 0.421. The predicted molar refractivity (Wildman–Crippen MR) is 99.2 cm³/mol. The molecule has 1 saturated heterocycles. The summed E-state index contributed by atoms with van der Waals surface area (Å²) >= 11 is 0. The Morgan fingerprint density at radius 1 is 1.35 bits per heavy atom. The topological polar surface area (TPSA) is 91.2 Å². The quantitative estimate of drug-likeness (QED) is 0.733. The molecule has 1 fully saturated rings. The van der Waals surface area contributed by atoms with Gasteiger partial charge in [-0.1, -0.05) is 6.07 Å². The fourth-order valence-corrected chi connectivity index (χ4v) is 3.91. The first kappa shape index (κ1) is 16.8. The molecule has 0 saturated carbocycles. The molecule has 2 aromatic heterocycles. The summed E-state index contributed by atoms with van der Waals surface area (Å²) in [4.78, 5) is 26.1. The van der Waals surface area contributed by atoms with E-state index >= 15 is 0 Å². The number of hydrogen-bond acceptors (Lipinski definition) is 4. The van der Waals surface area contributed by atoms with Crippen molar-refractivity contribution in [2.75, 3.05) is 13.1 Å². The van der Waals surface area contributed by atoms with Crippen molar-refractivity contribution in [1.82, 2.24) is 19.7 Å². The van der Waals surface area contributed by atoms with Crippen molar-refractivity contribution >= 4 is 27.7 Å². The Kier molecular flexibility index (Phi) is 3.66. The second-order valence-electron chi connectivity index (χ2n) is 7.27. The predicted octanol–water partition coefficient (Wildman–Crippen LogP) is 1.72. The summed E-state index contributed by atoms with van der Waals surface area (Å²) in [7, 11) is 1.72. The van der Waals surface area contributed by atoms with Crippen LogP contribution in [0.3, 0.4) is 0 Å². The molecule has 1 aromatic carbocycles. The molecule has 1 atom stereocenters. The number of aliphatic hydroxyl groups excluding tert-OH is 1. The number of H-pyrrole nitrogens is 1. The van der Waals surface area contributed by atoms with E-state index in [-0.39, 0.29) is 17.4 Å².